The molecule has 4 nitrogen and oxygen atoms in total. The normalized spacial score (nSPS) is 20.1. The van der Waals surface area contributed by atoms with Gasteiger partial charge in [-0.1, -0.05) is 24.3 Å². The number of hydrogen-bond acceptors (Lipinski definition) is 2. The Hall–Kier alpha value is -1.84. The van der Waals surface area contributed by atoms with Crippen LogP contribution in [0, 0.1) is 0 Å². The molecule has 0 radical (unpaired) electrons. The summed E-state index contributed by atoms with van der Waals surface area (Å²) in [6, 6.07) is 8.09. The Kier molecular flexibility index (Phi) is 1.96. The molecule has 4 heteroatoms. The molecule has 1 aliphatic heterocycles. The summed E-state index contributed by atoms with van der Waals surface area (Å²) in [6.07, 6.45) is 1.72. The lowest BCUT2D eigenvalue weighted by Gasteiger charge is -2.20. The van der Waals surface area contributed by atoms with Gasteiger partial charge in [0.2, 0.25) is 5.91 Å². The van der Waals surface area contributed by atoms with E-state index in [0.29, 0.717) is 0 Å². The summed E-state index contributed by atoms with van der Waals surface area (Å²) in [7, 11) is 0. The summed E-state index contributed by atoms with van der Waals surface area (Å²) in [6.45, 7) is 0.206. The van der Waals surface area contributed by atoms with Crippen LogP contribution < -0.4 is 5.32 Å². The SMILES string of the molecule is O=C1CN(C2Cc3ccccc3C2)C(=O)N1. The van der Waals surface area contributed by atoms with E-state index in [9.17, 15) is 9.59 Å². The Morgan fingerprint density at radius 2 is 1.75 bits per heavy atom. The van der Waals surface area contributed by atoms with E-state index in [0.717, 1.165) is 12.8 Å². The van der Waals surface area contributed by atoms with Crippen molar-refractivity contribution in [1.82, 2.24) is 10.2 Å². The van der Waals surface area contributed by atoms with Gasteiger partial charge in [-0.25, -0.2) is 4.79 Å². The third kappa shape index (κ3) is 1.38. The minimum Gasteiger partial charge on any atom is -0.311 e. The van der Waals surface area contributed by atoms with Crippen LogP contribution in [0.25, 0.3) is 0 Å². The average molecular weight is 216 g/mol. The second-order valence-electron chi connectivity index (χ2n) is 4.31. The van der Waals surface area contributed by atoms with Gasteiger partial charge in [-0.3, -0.25) is 10.1 Å². The quantitative estimate of drug-likeness (QED) is 0.703. The van der Waals surface area contributed by atoms with Crippen LogP contribution in [0.5, 0.6) is 0 Å². The molecule has 0 aromatic heterocycles. The van der Waals surface area contributed by atoms with E-state index in [1.54, 1.807) is 4.90 Å². The summed E-state index contributed by atoms with van der Waals surface area (Å²) in [5.74, 6) is -0.194. The van der Waals surface area contributed by atoms with E-state index >= 15 is 0 Å². The zero-order valence-electron chi connectivity index (χ0n) is 8.77. The monoisotopic (exact) mass is 216 g/mol. The number of carbonyl (C=O) groups is 2. The van der Waals surface area contributed by atoms with Crippen molar-refractivity contribution >= 4 is 11.9 Å². The predicted molar refractivity (Wildman–Crippen MR) is 57.9 cm³/mol. The fourth-order valence-electron chi connectivity index (χ4n) is 2.51. The number of rotatable bonds is 1. The van der Waals surface area contributed by atoms with Crippen molar-refractivity contribution in [2.24, 2.45) is 0 Å². The summed E-state index contributed by atoms with van der Waals surface area (Å²) in [5.41, 5.74) is 2.58. The van der Waals surface area contributed by atoms with Crippen LogP contribution in [0.2, 0.25) is 0 Å². The molecular formula is C12H12N2O2. The average Bonchev–Trinajstić information content (AvgIpc) is 2.81. The lowest BCUT2D eigenvalue weighted by molar-refractivity contribution is -0.118. The second-order valence-corrected chi connectivity index (χ2v) is 4.31. The topological polar surface area (TPSA) is 49.4 Å². The summed E-state index contributed by atoms with van der Waals surface area (Å²) in [4.78, 5) is 24.3. The van der Waals surface area contributed by atoms with Crippen molar-refractivity contribution in [3.8, 4) is 0 Å². The maximum Gasteiger partial charge on any atom is 0.324 e. The molecule has 0 saturated carbocycles. The minimum absolute atomic E-state index is 0.142. The molecule has 2 aliphatic rings. The smallest absolute Gasteiger partial charge is 0.311 e. The van der Waals surface area contributed by atoms with Gasteiger partial charge in [0.05, 0.1) is 0 Å². The molecule has 82 valence electrons. The number of carbonyl (C=O) groups excluding carboxylic acids is 2. The molecule has 1 heterocycles. The first kappa shape index (κ1) is 9.39. The summed E-state index contributed by atoms with van der Waals surface area (Å²) in [5, 5.41) is 2.32. The Bertz CT molecular complexity index is 445. The maximum absolute atomic E-state index is 11.5. The molecular weight excluding hydrogens is 204 g/mol. The molecule has 3 amide bonds. The maximum atomic E-state index is 11.5. The van der Waals surface area contributed by atoms with E-state index in [4.69, 9.17) is 0 Å². The van der Waals surface area contributed by atoms with Gasteiger partial charge in [-0.15, -0.1) is 0 Å². The number of benzene rings is 1. The van der Waals surface area contributed by atoms with E-state index < -0.39 is 0 Å². The molecule has 1 aromatic rings. The van der Waals surface area contributed by atoms with Crippen LogP contribution in [0.15, 0.2) is 24.3 Å². The molecule has 1 aromatic carbocycles. The number of fused-ring (bicyclic) bond motifs is 1. The van der Waals surface area contributed by atoms with E-state index in [1.807, 2.05) is 12.1 Å². The molecule has 0 unspecified atom stereocenters. The van der Waals surface area contributed by atoms with Gasteiger partial charge < -0.3 is 4.90 Å². The molecule has 0 bridgehead atoms. The highest BCUT2D eigenvalue weighted by molar-refractivity contribution is 6.02. The standard InChI is InChI=1S/C12H12N2O2/c15-11-7-14(12(16)13-11)10-5-8-3-1-2-4-9(8)6-10/h1-4,10H,5-7H2,(H,13,15,16). The Morgan fingerprint density at radius 3 is 2.25 bits per heavy atom. The minimum atomic E-state index is -0.247. The largest absolute Gasteiger partial charge is 0.324 e. The molecule has 1 N–H and O–H groups in total. The molecule has 16 heavy (non-hydrogen) atoms. The number of nitrogens with one attached hydrogen (secondary N) is 1. The third-order valence-corrected chi connectivity index (χ3v) is 3.29. The van der Waals surface area contributed by atoms with Gasteiger partial charge in [-0.2, -0.15) is 0 Å². The van der Waals surface area contributed by atoms with E-state index in [1.165, 1.54) is 11.1 Å². The molecule has 1 fully saturated rings. The Balaban J connectivity index is 1.81. The van der Waals surface area contributed by atoms with Crippen LogP contribution >= 0.6 is 0 Å². The fourth-order valence-corrected chi connectivity index (χ4v) is 2.51. The highest BCUT2D eigenvalue weighted by Gasteiger charge is 2.35. The van der Waals surface area contributed by atoms with Crippen molar-refractivity contribution in [1.29, 1.82) is 0 Å². The van der Waals surface area contributed by atoms with Crippen LogP contribution in [-0.4, -0.2) is 29.4 Å². The van der Waals surface area contributed by atoms with E-state index in [-0.39, 0.29) is 24.5 Å². The number of nitrogens with zero attached hydrogens (tertiary/aromatic N) is 1. The van der Waals surface area contributed by atoms with Gasteiger partial charge in [0, 0.05) is 6.04 Å². The Labute approximate surface area is 93.2 Å². The van der Waals surface area contributed by atoms with Crippen LogP contribution in [0.3, 0.4) is 0 Å². The number of amides is 3. The van der Waals surface area contributed by atoms with Crippen LogP contribution in [0.1, 0.15) is 11.1 Å². The molecule has 1 aliphatic carbocycles. The molecule has 0 atom stereocenters. The molecule has 3 rings (SSSR count). The van der Waals surface area contributed by atoms with Crippen molar-refractivity contribution in [3.05, 3.63) is 35.4 Å². The number of hydrogen-bond donors (Lipinski definition) is 1. The Morgan fingerprint density at radius 1 is 1.12 bits per heavy atom. The zero-order valence-corrected chi connectivity index (χ0v) is 8.77. The van der Waals surface area contributed by atoms with Gasteiger partial charge in [-0.05, 0) is 24.0 Å². The molecule has 1 saturated heterocycles. The first-order chi connectivity index (χ1) is 7.74. The second kappa shape index (κ2) is 3.33. The highest BCUT2D eigenvalue weighted by atomic mass is 16.2. The van der Waals surface area contributed by atoms with Crippen molar-refractivity contribution in [2.75, 3.05) is 6.54 Å². The third-order valence-electron chi connectivity index (χ3n) is 3.29. The van der Waals surface area contributed by atoms with Gasteiger partial charge >= 0.3 is 6.03 Å². The van der Waals surface area contributed by atoms with Crippen LogP contribution in [0.4, 0.5) is 4.79 Å². The van der Waals surface area contributed by atoms with Gasteiger partial charge in [0.15, 0.2) is 0 Å². The van der Waals surface area contributed by atoms with Gasteiger partial charge in [0.1, 0.15) is 6.54 Å². The van der Waals surface area contributed by atoms with Gasteiger partial charge in [0.25, 0.3) is 0 Å². The zero-order chi connectivity index (χ0) is 11.1. The van der Waals surface area contributed by atoms with Crippen molar-refractivity contribution in [3.63, 3.8) is 0 Å². The van der Waals surface area contributed by atoms with Crippen LogP contribution in [-0.2, 0) is 17.6 Å². The van der Waals surface area contributed by atoms with E-state index in [2.05, 4.69) is 17.4 Å². The number of urea groups is 1. The predicted octanol–water partition coefficient (Wildman–Crippen LogP) is 0.706. The first-order valence-corrected chi connectivity index (χ1v) is 5.41. The highest BCUT2D eigenvalue weighted by Crippen LogP contribution is 2.26. The summed E-state index contributed by atoms with van der Waals surface area (Å²) >= 11 is 0. The lowest BCUT2D eigenvalue weighted by atomic mass is 10.1. The lowest BCUT2D eigenvalue weighted by Crippen LogP contribution is -2.38. The fraction of sp³-hybridized carbons (Fsp3) is 0.333. The first-order valence-electron chi connectivity index (χ1n) is 5.41. The summed E-state index contributed by atoms with van der Waals surface area (Å²) < 4.78 is 0. The number of imide groups is 1. The molecule has 0 spiro atoms. The van der Waals surface area contributed by atoms with Crippen molar-refractivity contribution in [2.45, 2.75) is 18.9 Å². The van der Waals surface area contributed by atoms with Crippen molar-refractivity contribution < 1.29 is 9.59 Å².